The van der Waals surface area contributed by atoms with E-state index in [-0.39, 0.29) is 31.1 Å². The second-order valence-electron chi connectivity index (χ2n) is 21.3. The summed E-state index contributed by atoms with van der Waals surface area (Å²) in [6.45, 7) is 6.35. The molecule has 0 rings (SSSR count). The maximum atomic E-state index is 12.9. The molecule has 0 radical (unpaired) electrons. The number of carbonyl (C=O) groups excluding carboxylic acids is 3. The molecule has 6 heteroatoms. The normalized spacial score (nSPS) is 13.3. The van der Waals surface area contributed by atoms with E-state index in [1.807, 2.05) is 0 Å². The fourth-order valence-electron chi connectivity index (χ4n) is 8.54. The lowest BCUT2D eigenvalue weighted by Gasteiger charge is -2.18. The topological polar surface area (TPSA) is 78.9 Å². The molecule has 0 aromatic rings. The zero-order valence-corrected chi connectivity index (χ0v) is 52.7. The number of unbranched alkanes of at least 4 members (excludes halogenated alkanes) is 19. The van der Waals surface area contributed by atoms with Crippen molar-refractivity contribution >= 4 is 17.9 Å². The van der Waals surface area contributed by atoms with Gasteiger partial charge in [0, 0.05) is 19.3 Å². The van der Waals surface area contributed by atoms with Crippen LogP contribution in [0.2, 0.25) is 0 Å². The third kappa shape index (κ3) is 65.6. The number of carbonyl (C=O) groups is 3. The van der Waals surface area contributed by atoms with Crippen LogP contribution in [0, 0.1) is 0 Å². The quantitative estimate of drug-likeness (QED) is 0.0261. The van der Waals surface area contributed by atoms with Crippen LogP contribution in [-0.4, -0.2) is 37.2 Å². The molecule has 0 spiro atoms. The minimum Gasteiger partial charge on any atom is -0.462 e. The Bertz CT molecular complexity index is 1870. The standard InChI is InChI=1S/C76H120O6/c1-4-7-10-13-16-19-22-25-27-29-31-33-34-35-36-37-38-39-40-41-42-44-45-47-49-51-54-57-60-63-66-69-75(78)81-72-73(71-80-74(77)68-65-62-59-56-53-24-21-18-15-12-9-6-3)82-76(79)70-67-64-61-58-55-52-50-48-46-43-32-30-28-26-23-20-17-14-11-8-5-2/h7-8,10-11,16-21,25-28,31-33,35-36,38-39,41-43,45,47-48,50,73H,4-6,9,12-15,22-24,29-30,34,37,40,44,46,49,51-72H2,1-3H3/b10-7-,11-8-,19-16-,20-17-,21-18-,27-25-,28-26-,33-31-,36-35-,39-38-,42-41-,43-32-,47-45-,50-48-. The van der Waals surface area contributed by atoms with Crippen molar-refractivity contribution in [2.45, 2.75) is 277 Å². The highest BCUT2D eigenvalue weighted by Gasteiger charge is 2.19. The highest BCUT2D eigenvalue weighted by Crippen LogP contribution is 2.14. The van der Waals surface area contributed by atoms with Crippen LogP contribution >= 0.6 is 0 Å². The Morgan fingerprint density at radius 2 is 0.476 bits per heavy atom. The maximum absolute atomic E-state index is 12.9. The van der Waals surface area contributed by atoms with Crippen LogP contribution in [0.25, 0.3) is 0 Å². The van der Waals surface area contributed by atoms with Crippen LogP contribution in [0.1, 0.15) is 271 Å². The first-order valence-corrected chi connectivity index (χ1v) is 33.1. The molecule has 0 aromatic carbocycles. The van der Waals surface area contributed by atoms with E-state index in [9.17, 15) is 14.4 Å². The van der Waals surface area contributed by atoms with Gasteiger partial charge in [-0.15, -0.1) is 0 Å². The molecule has 0 fully saturated rings. The number of ether oxygens (including phenoxy) is 3. The van der Waals surface area contributed by atoms with Crippen molar-refractivity contribution in [3.8, 4) is 0 Å². The van der Waals surface area contributed by atoms with Crippen molar-refractivity contribution in [2.75, 3.05) is 13.2 Å². The van der Waals surface area contributed by atoms with Crippen LogP contribution < -0.4 is 0 Å². The molecule has 6 nitrogen and oxygen atoms in total. The van der Waals surface area contributed by atoms with E-state index < -0.39 is 6.10 Å². The second kappa shape index (κ2) is 68.3. The molecule has 0 aromatic heterocycles. The molecule has 460 valence electrons. The van der Waals surface area contributed by atoms with Gasteiger partial charge in [0.2, 0.25) is 0 Å². The predicted octanol–water partition coefficient (Wildman–Crippen LogP) is 23.0. The Labute approximate surface area is 504 Å². The number of rotatable bonds is 58. The minimum absolute atomic E-state index is 0.102. The number of esters is 3. The minimum atomic E-state index is -0.808. The summed E-state index contributed by atoms with van der Waals surface area (Å²) in [5.41, 5.74) is 0. The van der Waals surface area contributed by atoms with Gasteiger partial charge in [0.15, 0.2) is 6.10 Å². The summed E-state index contributed by atoms with van der Waals surface area (Å²) in [5.74, 6) is -0.948. The van der Waals surface area contributed by atoms with Crippen molar-refractivity contribution in [1.29, 1.82) is 0 Å². The molecule has 0 aliphatic carbocycles. The molecule has 0 aliphatic rings. The Morgan fingerprint density at radius 1 is 0.256 bits per heavy atom. The summed E-state index contributed by atoms with van der Waals surface area (Å²) in [6.07, 6.45) is 101. The summed E-state index contributed by atoms with van der Waals surface area (Å²) in [5, 5.41) is 0. The first kappa shape index (κ1) is 76.8. The van der Waals surface area contributed by atoms with E-state index in [4.69, 9.17) is 14.2 Å². The highest BCUT2D eigenvalue weighted by atomic mass is 16.6. The van der Waals surface area contributed by atoms with Gasteiger partial charge in [-0.1, -0.05) is 268 Å². The molecule has 0 aliphatic heterocycles. The van der Waals surface area contributed by atoms with Gasteiger partial charge in [-0.25, -0.2) is 0 Å². The molecule has 82 heavy (non-hydrogen) atoms. The van der Waals surface area contributed by atoms with Gasteiger partial charge in [-0.3, -0.25) is 14.4 Å². The fourth-order valence-corrected chi connectivity index (χ4v) is 8.54. The summed E-state index contributed by atoms with van der Waals surface area (Å²) in [4.78, 5) is 38.3. The maximum Gasteiger partial charge on any atom is 0.306 e. The van der Waals surface area contributed by atoms with Crippen LogP contribution in [0.15, 0.2) is 170 Å². The third-order valence-electron chi connectivity index (χ3n) is 13.4. The molecule has 0 N–H and O–H groups in total. The lowest BCUT2D eigenvalue weighted by atomic mass is 10.1. The monoisotopic (exact) mass is 1130 g/mol. The number of hydrogen-bond donors (Lipinski definition) is 0. The number of hydrogen-bond acceptors (Lipinski definition) is 6. The van der Waals surface area contributed by atoms with E-state index in [1.165, 1.54) is 44.9 Å². The average Bonchev–Trinajstić information content (AvgIpc) is 3.47. The number of allylic oxidation sites excluding steroid dienone is 28. The van der Waals surface area contributed by atoms with E-state index in [2.05, 4.69) is 191 Å². The molecule has 1 unspecified atom stereocenters. The first-order valence-electron chi connectivity index (χ1n) is 33.1. The van der Waals surface area contributed by atoms with E-state index in [0.717, 1.165) is 186 Å². The first-order chi connectivity index (χ1) is 40.5. The third-order valence-corrected chi connectivity index (χ3v) is 13.4. The van der Waals surface area contributed by atoms with Crippen LogP contribution in [0.5, 0.6) is 0 Å². The Kier molecular flexibility index (Phi) is 63.9. The van der Waals surface area contributed by atoms with Crippen LogP contribution in [0.3, 0.4) is 0 Å². The van der Waals surface area contributed by atoms with Gasteiger partial charge in [0.25, 0.3) is 0 Å². The smallest absolute Gasteiger partial charge is 0.306 e. The Balaban J connectivity index is 4.39. The zero-order valence-electron chi connectivity index (χ0n) is 52.7. The summed E-state index contributed by atoms with van der Waals surface area (Å²) in [7, 11) is 0. The van der Waals surface area contributed by atoms with E-state index >= 15 is 0 Å². The molecule has 0 bridgehead atoms. The SMILES string of the molecule is CC/C=C\C/C=C\C/C=C\C/C=C\C/C=C\C/C=C\C/C=C\C/C=C\CCCCCCCCC(=O)OCC(COC(=O)CCCCCCC/C=C\CCCCC)OC(=O)CCCCCCC/C=C\C/C=C\C/C=C\C/C=C\C/C=C\CC. The summed E-state index contributed by atoms with van der Waals surface area (Å²) in [6, 6.07) is 0. The molecule has 0 saturated carbocycles. The van der Waals surface area contributed by atoms with Crippen molar-refractivity contribution in [3.63, 3.8) is 0 Å². The fraction of sp³-hybridized carbons (Fsp3) is 0.592. The van der Waals surface area contributed by atoms with Crippen molar-refractivity contribution in [2.24, 2.45) is 0 Å². The van der Waals surface area contributed by atoms with Gasteiger partial charge in [-0.2, -0.15) is 0 Å². The Hall–Kier alpha value is -5.23. The average molecular weight is 1130 g/mol. The molecule has 0 heterocycles. The molecule has 1 atom stereocenters. The molecular weight excluding hydrogens is 1010 g/mol. The van der Waals surface area contributed by atoms with Crippen molar-refractivity contribution < 1.29 is 28.6 Å². The van der Waals surface area contributed by atoms with Gasteiger partial charge in [-0.05, 0) is 154 Å². The highest BCUT2D eigenvalue weighted by molar-refractivity contribution is 5.71. The predicted molar refractivity (Wildman–Crippen MR) is 357 cm³/mol. The van der Waals surface area contributed by atoms with Gasteiger partial charge in [0.05, 0.1) is 0 Å². The lowest BCUT2D eigenvalue weighted by Crippen LogP contribution is -2.30. The lowest BCUT2D eigenvalue weighted by molar-refractivity contribution is -0.167. The second-order valence-corrected chi connectivity index (χ2v) is 21.3. The summed E-state index contributed by atoms with van der Waals surface area (Å²) >= 11 is 0. The van der Waals surface area contributed by atoms with E-state index in [1.54, 1.807) is 0 Å². The molecule has 0 saturated heterocycles. The molecule has 0 amide bonds. The Morgan fingerprint density at radius 3 is 0.756 bits per heavy atom. The van der Waals surface area contributed by atoms with Crippen LogP contribution in [0.4, 0.5) is 0 Å². The van der Waals surface area contributed by atoms with Crippen LogP contribution in [-0.2, 0) is 28.6 Å². The van der Waals surface area contributed by atoms with Gasteiger partial charge in [0.1, 0.15) is 13.2 Å². The van der Waals surface area contributed by atoms with Crippen molar-refractivity contribution in [1.82, 2.24) is 0 Å². The summed E-state index contributed by atoms with van der Waals surface area (Å²) < 4.78 is 16.9. The van der Waals surface area contributed by atoms with Gasteiger partial charge < -0.3 is 14.2 Å². The largest absolute Gasteiger partial charge is 0.462 e. The van der Waals surface area contributed by atoms with Gasteiger partial charge >= 0.3 is 17.9 Å². The molecular formula is C76H120O6. The van der Waals surface area contributed by atoms with E-state index in [0.29, 0.717) is 19.3 Å². The van der Waals surface area contributed by atoms with Crippen molar-refractivity contribution in [3.05, 3.63) is 170 Å². The zero-order chi connectivity index (χ0) is 59.2.